The van der Waals surface area contributed by atoms with Gasteiger partial charge in [-0.15, -0.1) is 0 Å². The summed E-state index contributed by atoms with van der Waals surface area (Å²) in [5.74, 6) is -0.258. The summed E-state index contributed by atoms with van der Waals surface area (Å²) >= 11 is 0. The molecule has 0 radical (unpaired) electrons. The minimum absolute atomic E-state index is 0.129. The monoisotopic (exact) mass is 300 g/mol. The molecule has 2 rings (SSSR count). The molecule has 20 heavy (non-hydrogen) atoms. The van der Waals surface area contributed by atoms with Crippen molar-refractivity contribution in [3.63, 3.8) is 0 Å². The smallest absolute Gasteiger partial charge is 0.211 e. The second-order valence-electron chi connectivity index (χ2n) is 5.14. The van der Waals surface area contributed by atoms with E-state index in [4.69, 9.17) is 0 Å². The molecule has 1 aliphatic rings. The molecule has 112 valence electrons. The minimum atomic E-state index is -3.08. The maximum Gasteiger partial charge on any atom is 0.211 e. The van der Waals surface area contributed by atoms with Crippen molar-refractivity contribution in [3.8, 4) is 11.5 Å². The van der Waals surface area contributed by atoms with E-state index in [1.165, 1.54) is 22.7 Å². The number of benzene rings is 1. The topological polar surface area (TPSA) is 89.9 Å². The molecule has 7 heteroatoms. The molecular formula is C13H20N2O4S. The van der Waals surface area contributed by atoms with E-state index in [0.717, 1.165) is 18.4 Å². The molecule has 0 amide bonds. The third-order valence-electron chi connectivity index (χ3n) is 3.56. The van der Waals surface area contributed by atoms with Gasteiger partial charge >= 0.3 is 0 Å². The Morgan fingerprint density at radius 1 is 1.25 bits per heavy atom. The highest BCUT2D eigenvalue weighted by atomic mass is 32.2. The lowest BCUT2D eigenvalue weighted by atomic mass is 10.1. The van der Waals surface area contributed by atoms with E-state index in [1.807, 2.05) is 0 Å². The van der Waals surface area contributed by atoms with Crippen LogP contribution in [-0.2, 0) is 16.6 Å². The highest BCUT2D eigenvalue weighted by molar-refractivity contribution is 7.88. The molecule has 0 bridgehead atoms. The maximum atomic E-state index is 11.4. The van der Waals surface area contributed by atoms with E-state index >= 15 is 0 Å². The van der Waals surface area contributed by atoms with Crippen molar-refractivity contribution in [2.24, 2.45) is 0 Å². The molecule has 1 heterocycles. The lowest BCUT2D eigenvalue weighted by Gasteiger charge is -2.30. The van der Waals surface area contributed by atoms with Crippen LogP contribution in [-0.4, -0.2) is 48.3 Å². The SMILES string of the molecule is CS(=O)(=O)N1CCC(NCc2ccc(O)c(O)c2)CC1. The Hall–Kier alpha value is -1.31. The van der Waals surface area contributed by atoms with Gasteiger partial charge in [-0.25, -0.2) is 12.7 Å². The molecular weight excluding hydrogens is 280 g/mol. The van der Waals surface area contributed by atoms with Crippen molar-refractivity contribution in [1.82, 2.24) is 9.62 Å². The lowest BCUT2D eigenvalue weighted by Crippen LogP contribution is -2.44. The third kappa shape index (κ3) is 3.84. The highest BCUT2D eigenvalue weighted by Crippen LogP contribution is 2.25. The van der Waals surface area contributed by atoms with Crippen molar-refractivity contribution in [3.05, 3.63) is 23.8 Å². The quantitative estimate of drug-likeness (QED) is 0.709. The Bertz CT molecular complexity index is 566. The first-order valence-electron chi connectivity index (χ1n) is 6.55. The van der Waals surface area contributed by atoms with Crippen molar-refractivity contribution in [2.75, 3.05) is 19.3 Å². The van der Waals surface area contributed by atoms with Crippen LogP contribution < -0.4 is 5.32 Å². The number of aromatic hydroxyl groups is 2. The predicted octanol–water partition coefficient (Wildman–Crippen LogP) is 0.611. The van der Waals surface area contributed by atoms with E-state index in [0.29, 0.717) is 19.6 Å². The Labute approximate surface area is 119 Å². The third-order valence-corrected chi connectivity index (χ3v) is 4.86. The summed E-state index contributed by atoms with van der Waals surface area (Å²) in [7, 11) is -3.08. The van der Waals surface area contributed by atoms with Crippen LogP contribution >= 0.6 is 0 Å². The number of rotatable bonds is 4. The fraction of sp³-hybridized carbons (Fsp3) is 0.538. The van der Waals surface area contributed by atoms with E-state index < -0.39 is 10.0 Å². The van der Waals surface area contributed by atoms with Gasteiger partial charge in [-0.2, -0.15) is 0 Å². The number of hydrogen-bond donors (Lipinski definition) is 3. The van der Waals surface area contributed by atoms with E-state index in [-0.39, 0.29) is 17.5 Å². The summed E-state index contributed by atoms with van der Waals surface area (Å²) in [6.45, 7) is 1.66. The molecule has 0 unspecified atom stereocenters. The van der Waals surface area contributed by atoms with Crippen LogP contribution in [0.15, 0.2) is 18.2 Å². The molecule has 0 aliphatic carbocycles. The summed E-state index contributed by atoms with van der Waals surface area (Å²) < 4.78 is 24.3. The Morgan fingerprint density at radius 3 is 2.45 bits per heavy atom. The normalized spacial score (nSPS) is 18.2. The van der Waals surface area contributed by atoms with Crippen LogP contribution in [0.2, 0.25) is 0 Å². The zero-order valence-electron chi connectivity index (χ0n) is 11.4. The Kier molecular flexibility index (Phi) is 4.52. The van der Waals surface area contributed by atoms with Crippen LogP contribution in [0.5, 0.6) is 11.5 Å². The molecule has 1 fully saturated rings. The number of sulfonamides is 1. The second kappa shape index (κ2) is 5.99. The number of piperidine rings is 1. The van der Waals surface area contributed by atoms with Crippen molar-refractivity contribution in [2.45, 2.75) is 25.4 Å². The highest BCUT2D eigenvalue weighted by Gasteiger charge is 2.24. The molecule has 1 aromatic rings. The van der Waals surface area contributed by atoms with Crippen molar-refractivity contribution >= 4 is 10.0 Å². The summed E-state index contributed by atoms with van der Waals surface area (Å²) in [4.78, 5) is 0. The van der Waals surface area contributed by atoms with E-state index in [1.54, 1.807) is 6.07 Å². The van der Waals surface area contributed by atoms with Gasteiger partial charge in [0.15, 0.2) is 11.5 Å². The zero-order valence-corrected chi connectivity index (χ0v) is 12.2. The van der Waals surface area contributed by atoms with E-state index in [2.05, 4.69) is 5.32 Å². The van der Waals surface area contributed by atoms with Gasteiger partial charge in [0.25, 0.3) is 0 Å². The fourth-order valence-corrected chi connectivity index (χ4v) is 3.21. The molecule has 6 nitrogen and oxygen atoms in total. The van der Waals surface area contributed by atoms with Crippen LogP contribution in [0.25, 0.3) is 0 Å². The van der Waals surface area contributed by atoms with Crippen LogP contribution in [0.3, 0.4) is 0 Å². The van der Waals surface area contributed by atoms with Crippen LogP contribution in [0.4, 0.5) is 0 Å². The number of phenolic OH excluding ortho intramolecular Hbond substituents is 2. The van der Waals surface area contributed by atoms with Gasteiger partial charge in [-0.05, 0) is 30.5 Å². The second-order valence-corrected chi connectivity index (χ2v) is 7.12. The fourth-order valence-electron chi connectivity index (χ4n) is 2.33. The predicted molar refractivity (Wildman–Crippen MR) is 76.1 cm³/mol. The van der Waals surface area contributed by atoms with Crippen LogP contribution in [0.1, 0.15) is 18.4 Å². The molecule has 0 saturated carbocycles. The number of nitrogens with one attached hydrogen (secondary N) is 1. The van der Waals surface area contributed by atoms with Gasteiger partial charge in [0.2, 0.25) is 10.0 Å². The molecule has 3 N–H and O–H groups in total. The standard InChI is InChI=1S/C13H20N2O4S/c1-20(18,19)15-6-4-11(5-7-15)14-9-10-2-3-12(16)13(17)8-10/h2-3,8,11,14,16-17H,4-7,9H2,1H3. The first-order chi connectivity index (χ1) is 9.36. The summed E-state index contributed by atoms with van der Waals surface area (Å²) in [5.41, 5.74) is 0.880. The van der Waals surface area contributed by atoms with E-state index in [9.17, 15) is 18.6 Å². The number of hydrogen-bond acceptors (Lipinski definition) is 5. The van der Waals surface area contributed by atoms with Crippen molar-refractivity contribution in [1.29, 1.82) is 0 Å². The van der Waals surface area contributed by atoms with Crippen molar-refractivity contribution < 1.29 is 18.6 Å². The number of nitrogens with zero attached hydrogens (tertiary/aromatic N) is 1. The molecule has 1 aliphatic heterocycles. The van der Waals surface area contributed by atoms with Gasteiger partial charge in [0, 0.05) is 25.7 Å². The average molecular weight is 300 g/mol. The first kappa shape index (κ1) is 15.1. The van der Waals surface area contributed by atoms with Gasteiger partial charge in [-0.3, -0.25) is 0 Å². The van der Waals surface area contributed by atoms with Crippen LogP contribution in [0, 0.1) is 0 Å². The lowest BCUT2D eigenvalue weighted by molar-refractivity contribution is 0.290. The van der Waals surface area contributed by atoms with Gasteiger partial charge in [0.05, 0.1) is 6.26 Å². The molecule has 0 aromatic heterocycles. The Balaban J connectivity index is 1.83. The number of phenols is 2. The summed E-state index contributed by atoms with van der Waals surface area (Å²) in [5, 5.41) is 22.0. The molecule has 0 spiro atoms. The minimum Gasteiger partial charge on any atom is -0.504 e. The molecule has 1 aromatic carbocycles. The molecule has 0 atom stereocenters. The van der Waals surface area contributed by atoms with Gasteiger partial charge < -0.3 is 15.5 Å². The first-order valence-corrected chi connectivity index (χ1v) is 8.40. The van der Waals surface area contributed by atoms with Gasteiger partial charge in [-0.1, -0.05) is 6.07 Å². The average Bonchev–Trinajstić information content (AvgIpc) is 2.40. The largest absolute Gasteiger partial charge is 0.504 e. The molecule has 1 saturated heterocycles. The zero-order chi connectivity index (χ0) is 14.8. The Morgan fingerprint density at radius 2 is 1.90 bits per heavy atom. The summed E-state index contributed by atoms with van der Waals surface area (Å²) in [6.07, 6.45) is 2.79. The maximum absolute atomic E-state index is 11.4. The van der Waals surface area contributed by atoms with Gasteiger partial charge in [0.1, 0.15) is 0 Å². The summed E-state index contributed by atoms with van der Waals surface area (Å²) in [6, 6.07) is 4.99.